The maximum atomic E-state index is 14.3. The molecule has 0 bridgehead atoms. The van der Waals surface area contributed by atoms with Crippen LogP contribution in [0.15, 0.2) is 42.9 Å². The van der Waals surface area contributed by atoms with Crippen molar-refractivity contribution in [2.45, 2.75) is 18.8 Å². The van der Waals surface area contributed by atoms with Crippen molar-refractivity contribution in [2.24, 2.45) is 0 Å². The number of piperazine rings is 1. The van der Waals surface area contributed by atoms with Crippen LogP contribution in [-0.4, -0.2) is 58.2 Å². The molecule has 2 fully saturated rings. The standard InChI is InChI=1S/C25H25FN8O/c1-35-21-5-4-18(26)24(32-21)31-20-12-16(6-7-29-20)23-30-19-14-28-13-17(15-2-3-15)22(19)25(33-23)34-10-8-27-9-11-34/h4-7,12-15,27H,2-3,8-11H2,1H3,(H,29,31,32). The van der Waals surface area contributed by atoms with Crippen molar-refractivity contribution >= 4 is 28.4 Å². The molecule has 0 radical (unpaired) electrons. The van der Waals surface area contributed by atoms with Crippen LogP contribution in [0.4, 0.5) is 21.8 Å². The van der Waals surface area contributed by atoms with Crippen LogP contribution >= 0.6 is 0 Å². The third-order valence-electron chi connectivity index (χ3n) is 6.34. The number of aromatic nitrogens is 5. The molecule has 178 valence electrons. The lowest BCUT2D eigenvalue weighted by Crippen LogP contribution is -2.44. The zero-order valence-corrected chi connectivity index (χ0v) is 19.3. The van der Waals surface area contributed by atoms with Gasteiger partial charge >= 0.3 is 0 Å². The Morgan fingerprint density at radius 3 is 2.74 bits per heavy atom. The van der Waals surface area contributed by atoms with E-state index in [2.05, 4.69) is 30.5 Å². The van der Waals surface area contributed by atoms with Crippen molar-refractivity contribution in [1.29, 1.82) is 0 Å². The summed E-state index contributed by atoms with van der Waals surface area (Å²) in [6, 6.07) is 6.41. The number of hydrogen-bond donors (Lipinski definition) is 2. The minimum Gasteiger partial charge on any atom is -0.481 e. The summed E-state index contributed by atoms with van der Waals surface area (Å²) in [6.07, 6.45) is 7.79. The van der Waals surface area contributed by atoms with Gasteiger partial charge in [-0.1, -0.05) is 0 Å². The molecule has 0 aromatic carbocycles. The second-order valence-corrected chi connectivity index (χ2v) is 8.74. The SMILES string of the molecule is COc1ccc(F)c(Nc2cc(-c3nc(N4CCNCC4)c4c(C5CC5)cncc4n3)ccn2)n1. The lowest BCUT2D eigenvalue weighted by Gasteiger charge is -2.30. The normalized spacial score (nSPS) is 15.9. The van der Waals surface area contributed by atoms with E-state index in [0.717, 1.165) is 48.5 Å². The van der Waals surface area contributed by atoms with Crippen LogP contribution in [0.5, 0.6) is 5.88 Å². The van der Waals surface area contributed by atoms with Crippen LogP contribution in [0.1, 0.15) is 24.3 Å². The van der Waals surface area contributed by atoms with Crippen molar-refractivity contribution < 1.29 is 9.13 Å². The van der Waals surface area contributed by atoms with E-state index in [9.17, 15) is 4.39 Å². The zero-order valence-electron chi connectivity index (χ0n) is 19.3. The van der Waals surface area contributed by atoms with Crippen LogP contribution < -0.4 is 20.3 Å². The Hall–Kier alpha value is -3.92. The minimum absolute atomic E-state index is 0.0354. The lowest BCUT2D eigenvalue weighted by molar-refractivity contribution is 0.397. The number of nitrogens with zero attached hydrogens (tertiary/aromatic N) is 6. The zero-order chi connectivity index (χ0) is 23.8. The van der Waals surface area contributed by atoms with Crippen LogP contribution in [0.3, 0.4) is 0 Å². The summed E-state index contributed by atoms with van der Waals surface area (Å²) in [5.41, 5.74) is 2.83. The molecule has 1 saturated carbocycles. The quantitative estimate of drug-likeness (QED) is 0.435. The number of halogens is 1. The summed E-state index contributed by atoms with van der Waals surface area (Å²) in [5, 5.41) is 7.45. The molecule has 0 amide bonds. The lowest BCUT2D eigenvalue weighted by atomic mass is 10.1. The van der Waals surface area contributed by atoms with Gasteiger partial charge < -0.3 is 20.3 Å². The number of anilines is 3. The van der Waals surface area contributed by atoms with E-state index < -0.39 is 5.82 Å². The van der Waals surface area contributed by atoms with Gasteiger partial charge in [-0.15, -0.1) is 0 Å². The second-order valence-electron chi connectivity index (χ2n) is 8.74. The molecular formula is C25H25FN8O. The van der Waals surface area contributed by atoms with Gasteiger partial charge in [0, 0.05) is 55.6 Å². The predicted octanol–water partition coefficient (Wildman–Crippen LogP) is 3.66. The van der Waals surface area contributed by atoms with Gasteiger partial charge in [0.05, 0.1) is 18.8 Å². The number of ether oxygens (including phenoxy) is 1. The second kappa shape index (κ2) is 9.03. The molecule has 4 aromatic rings. The highest BCUT2D eigenvalue weighted by Gasteiger charge is 2.29. The van der Waals surface area contributed by atoms with Gasteiger partial charge in [-0.05, 0) is 42.5 Å². The highest BCUT2D eigenvalue weighted by molar-refractivity contribution is 5.94. The highest BCUT2D eigenvalue weighted by Crippen LogP contribution is 2.44. The number of nitrogens with one attached hydrogen (secondary N) is 2. The molecule has 35 heavy (non-hydrogen) atoms. The topological polar surface area (TPSA) is 101 Å². The highest BCUT2D eigenvalue weighted by atomic mass is 19.1. The van der Waals surface area contributed by atoms with E-state index in [4.69, 9.17) is 14.7 Å². The van der Waals surface area contributed by atoms with Crippen LogP contribution in [0.2, 0.25) is 0 Å². The molecule has 2 aliphatic rings. The number of methoxy groups -OCH3 is 1. The maximum Gasteiger partial charge on any atom is 0.215 e. The van der Waals surface area contributed by atoms with Crippen molar-refractivity contribution in [3.8, 4) is 17.3 Å². The molecule has 0 unspecified atom stereocenters. The predicted molar refractivity (Wildman–Crippen MR) is 132 cm³/mol. The summed E-state index contributed by atoms with van der Waals surface area (Å²) in [7, 11) is 1.49. The smallest absolute Gasteiger partial charge is 0.215 e. The van der Waals surface area contributed by atoms with Crippen LogP contribution in [0, 0.1) is 5.82 Å². The fourth-order valence-electron chi connectivity index (χ4n) is 4.41. The number of hydrogen-bond acceptors (Lipinski definition) is 9. The van der Waals surface area contributed by atoms with Gasteiger partial charge in [-0.25, -0.2) is 19.3 Å². The molecule has 9 nitrogen and oxygen atoms in total. The molecule has 5 heterocycles. The largest absolute Gasteiger partial charge is 0.481 e. The van der Waals surface area contributed by atoms with E-state index in [0.29, 0.717) is 23.4 Å². The average Bonchev–Trinajstić information content (AvgIpc) is 3.75. The first-order valence-electron chi connectivity index (χ1n) is 11.7. The Labute approximate surface area is 201 Å². The number of rotatable bonds is 6. The number of pyridine rings is 3. The Morgan fingerprint density at radius 2 is 1.94 bits per heavy atom. The monoisotopic (exact) mass is 472 g/mol. The Bertz CT molecular complexity index is 1390. The molecule has 1 aliphatic carbocycles. The van der Waals surface area contributed by atoms with E-state index >= 15 is 0 Å². The number of fused-ring (bicyclic) bond motifs is 1. The van der Waals surface area contributed by atoms with E-state index in [1.807, 2.05) is 18.5 Å². The average molecular weight is 473 g/mol. The van der Waals surface area contributed by atoms with E-state index in [1.165, 1.54) is 37.6 Å². The van der Waals surface area contributed by atoms with Gasteiger partial charge in [0.2, 0.25) is 5.88 Å². The van der Waals surface area contributed by atoms with E-state index in [-0.39, 0.29) is 5.82 Å². The first kappa shape index (κ1) is 21.6. The molecule has 0 atom stereocenters. The maximum absolute atomic E-state index is 14.3. The van der Waals surface area contributed by atoms with Gasteiger partial charge in [-0.2, -0.15) is 4.98 Å². The van der Waals surface area contributed by atoms with E-state index in [1.54, 1.807) is 12.3 Å². The summed E-state index contributed by atoms with van der Waals surface area (Å²) in [4.78, 5) is 25.2. The molecule has 2 N–H and O–H groups in total. The molecule has 6 rings (SSSR count). The van der Waals surface area contributed by atoms with Crippen LogP contribution in [0.25, 0.3) is 22.3 Å². The molecular weight excluding hydrogens is 447 g/mol. The summed E-state index contributed by atoms with van der Waals surface area (Å²) < 4.78 is 19.4. The summed E-state index contributed by atoms with van der Waals surface area (Å²) in [5.74, 6) is 2.33. The van der Waals surface area contributed by atoms with Crippen molar-refractivity contribution in [2.75, 3.05) is 43.5 Å². The first-order valence-corrected chi connectivity index (χ1v) is 11.7. The third-order valence-corrected chi connectivity index (χ3v) is 6.34. The molecule has 1 aliphatic heterocycles. The van der Waals surface area contributed by atoms with Gasteiger partial charge in [0.1, 0.15) is 11.6 Å². The molecule has 1 saturated heterocycles. The van der Waals surface area contributed by atoms with Gasteiger partial charge in [-0.3, -0.25) is 4.98 Å². The van der Waals surface area contributed by atoms with Gasteiger partial charge in [0.25, 0.3) is 0 Å². The van der Waals surface area contributed by atoms with Crippen LogP contribution in [-0.2, 0) is 0 Å². The Kier molecular flexibility index (Phi) is 5.57. The fourth-order valence-corrected chi connectivity index (χ4v) is 4.41. The van der Waals surface area contributed by atoms with Crippen molar-refractivity contribution in [3.05, 3.63) is 54.2 Å². The third kappa shape index (κ3) is 4.32. The van der Waals surface area contributed by atoms with Gasteiger partial charge in [0.15, 0.2) is 17.5 Å². The minimum atomic E-state index is -0.500. The summed E-state index contributed by atoms with van der Waals surface area (Å²) in [6.45, 7) is 3.57. The Balaban J connectivity index is 1.42. The molecule has 10 heteroatoms. The summed E-state index contributed by atoms with van der Waals surface area (Å²) >= 11 is 0. The molecule has 0 spiro atoms. The van der Waals surface area contributed by atoms with Crippen molar-refractivity contribution in [3.63, 3.8) is 0 Å². The Morgan fingerprint density at radius 1 is 1.09 bits per heavy atom. The molecule has 4 aromatic heterocycles. The first-order chi connectivity index (χ1) is 17.2. The van der Waals surface area contributed by atoms with Crippen molar-refractivity contribution in [1.82, 2.24) is 30.2 Å². The fraction of sp³-hybridized carbons (Fsp3) is 0.320.